The molecule has 0 spiro atoms. The quantitative estimate of drug-likeness (QED) is 0.292. The van der Waals surface area contributed by atoms with Gasteiger partial charge < -0.3 is 15.3 Å². The summed E-state index contributed by atoms with van der Waals surface area (Å²) in [4.78, 5) is 30.9. The Morgan fingerprint density at radius 2 is 1.74 bits per heavy atom. The van der Waals surface area contributed by atoms with Gasteiger partial charge in [0.25, 0.3) is 0 Å². The number of hydrogen-bond donors (Lipinski definition) is 3. The first-order valence-electron chi connectivity index (χ1n) is 8.86. The Kier molecular flexibility index (Phi) is 4.96. The molecule has 2 heterocycles. The molecule has 0 aliphatic rings. The van der Waals surface area contributed by atoms with Crippen LogP contribution in [0.4, 0.5) is 11.5 Å². The molecule has 0 radical (unpaired) electrons. The SMILES string of the molecule is Cc1cnc(N=Nc2ccc(O)c3cc(C(=O)O)c(Cl)nc23)c2ccc(C(=O)O)cc12. The van der Waals surface area contributed by atoms with Crippen molar-refractivity contribution in [3.05, 3.63) is 64.4 Å². The summed E-state index contributed by atoms with van der Waals surface area (Å²) < 4.78 is 0. The fourth-order valence-corrected chi connectivity index (χ4v) is 3.34. The molecule has 9 nitrogen and oxygen atoms in total. The average Bonchev–Trinajstić information content (AvgIpc) is 2.73. The molecule has 4 rings (SSSR count). The van der Waals surface area contributed by atoms with E-state index >= 15 is 0 Å². The Morgan fingerprint density at radius 3 is 2.45 bits per heavy atom. The van der Waals surface area contributed by atoms with Crippen molar-refractivity contribution >= 4 is 56.7 Å². The monoisotopic (exact) mass is 436 g/mol. The minimum atomic E-state index is -1.28. The first-order valence-corrected chi connectivity index (χ1v) is 9.24. The Bertz CT molecular complexity index is 1430. The number of aromatic nitrogens is 2. The standard InChI is InChI=1S/C21H13ClN4O5/c1-9-8-23-19(11-3-2-10(20(28)29)6-12(9)11)26-25-15-4-5-16(27)13-7-14(21(30)31)18(22)24-17(13)15/h2-8,27H,1H3,(H,28,29)(H,30,31). The lowest BCUT2D eigenvalue weighted by Crippen LogP contribution is -1.99. The molecule has 0 bridgehead atoms. The average molecular weight is 437 g/mol. The number of aryl methyl sites for hydroxylation is 1. The lowest BCUT2D eigenvalue weighted by molar-refractivity contribution is 0.0686. The molecule has 3 N–H and O–H groups in total. The van der Waals surface area contributed by atoms with Gasteiger partial charge in [0, 0.05) is 17.0 Å². The summed E-state index contributed by atoms with van der Waals surface area (Å²) in [6, 6.07) is 8.63. The molecule has 10 heteroatoms. The fourth-order valence-electron chi connectivity index (χ4n) is 3.12. The number of azo groups is 1. The lowest BCUT2D eigenvalue weighted by Gasteiger charge is -2.07. The van der Waals surface area contributed by atoms with E-state index < -0.39 is 11.9 Å². The Hall–Kier alpha value is -4.11. The minimum Gasteiger partial charge on any atom is -0.507 e. The van der Waals surface area contributed by atoms with Crippen molar-refractivity contribution in [3.8, 4) is 5.75 Å². The summed E-state index contributed by atoms with van der Waals surface area (Å²) in [7, 11) is 0. The number of carboxylic acids is 2. The first-order chi connectivity index (χ1) is 14.8. The summed E-state index contributed by atoms with van der Waals surface area (Å²) in [6.07, 6.45) is 1.56. The molecule has 0 fully saturated rings. The van der Waals surface area contributed by atoms with Gasteiger partial charge in [0.2, 0.25) is 0 Å². The predicted molar refractivity (Wildman–Crippen MR) is 113 cm³/mol. The topological polar surface area (TPSA) is 145 Å². The summed E-state index contributed by atoms with van der Waals surface area (Å²) >= 11 is 5.97. The van der Waals surface area contributed by atoms with E-state index in [-0.39, 0.29) is 44.4 Å². The van der Waals surface area contributed by atoms with E-state index in [1.807, 2.05) is 0 Å². The van der Waals surface area contributed by atoms with E-state index in [9.17, 15) is 24.9 Å². The second kappa shape index (κ2) is 7.62. The predicted octanol–water partition coefficient (Wildman–Crippen LogP) is 5.26. The third-order valence-corrected chi connectivity index (χ3v) is 4.98. The van der Waals surface area contributed by atoms with Crippen LogP contribution in [0.5, 0.6) is 5.75 Å². The van der Waals surface area contributed by atoms with Crippen molar-refractivity contribution < 1.29 is 24.9 Å². The van der Waals surface area contributed by atoms with Crippen LogP contribution in [-0.4, -0.2) is 37.2 Å². The van der Waals surface area contributed by atoms with Gasteiger partial charge in [-0.05, 0) is 54.3 Å². The summed E-state index contributed by atoms with van der Waals surface area (Å²) in [6.45, 7) is 1.81. The van der Waals surface area contributed by atoms with Crippen LogP contribution in [0.2, 0.25) is 5.15 Å². The first kappa shape index (κ1) is 20.2. The Morgan fingerprint density at radius 1 is 0.968 bits per heavy atom. The molecular weight excluding hydrogens is 424 g/mol. The van der Waals surface area contributed by atoms with Crippen LogP contribution in [0.25, 0.3) is 21.7 Å². The number of halogens is 1. The minimum absolute atomic E-state index is 0.141. The maximum atomic E-state index is 11.3. The summed E-state index contributed by atoms with van der Waals surface area (Å²) in [5.41, 5.74) is 1.08. The number of pyridine rings is 2. The van der Waals surface area contributed by atoms with Crippen LogP contribution < -0.4 is 0 Å². The number of carbonyl (C=O) groups is 2. The molecule has 0 amide bonds. The van der Waals surface area contributed by atoms with Crippen molar-refractivity contribution in [2.45, 2.75) is 6.92 Å². The normalized spacial score (nSPS) is 11.4. The highest BCUT2D eigenvalue weighted by Crippen LogP contribution is 2.35. The lowest BCUT2D eigenvalue weighted by atomic mass is 10.0. The van der Waals surface area contributed by atoms with Gasteiger partial charge in [-0.2, -0.15) is 0 Å². The number of aromatic carboxylic acids is 2. The molecule has 0 aliphatic carbocycles. The number of fused-ring (bicyclic) bond motifs is 2. The maximum absolute atomic E-state index is 11.3. The van der Waals surface area contributed by atoms with E-state index in [1.165, 1.54) is 24.3 Å². The molecule has 0 aliphatic heterocycles. The number of phenols is 1. The highest BCUT2D eigenvalue weighted by molar-refractivity contribution is 6.33. The second-order valence-corrected chi connectivity index (χ2v) is 7.02. The fraction of sp³-hybridized carbons (Fsp3) is 0.0476. The van der Waals surface area contributed by atoms with Gasteiger partial charge in [-0.1, -0.05) is 11.6 Å². The summed E-state index contributed by atoms with van der Waals surface area (Å²) in [5.74, 6) is -2.24. The van der Waals surface area contributed by atoms with Gasteiger partial charge >= 0.3 is 11.9 Å². The highest BCUT2D eigenvalue weighted by Gasteiger charge is 2.16. The number of rotatable bonds is 4. The van der Waals surface area contributed by atoms with Crippen molar-refractivity contribution in [2.75, 3.05) is 0 Å². The zero-order chi connectivity index (χ0) is 22.3. The van der Waals surface area contributed by atoms with Gasteiger partial charge in [-0.25, -0.2) is 19.6 Å². The molecule has 0 atom stereocenters. The largest absolute Gasteiger partial charge is 0.507 e. The molecule has 4 aromatic rings. The third kappa shape index (κ3) is 3.62. The number of nitrogens with zero attached hydrogens (tertiary/aromatic N) is 4. The van der Waals surface area contributed by atoms with Crippen LogP contribution in [0.3, 0.4) is 0 Å². The second-order valence-electron chi connectivity index (χ2n) is 6.66. The Labute approximate surface area is 179 Å². The zero-order valence-corrected chi connectivity index (χ0v) is 16.6. The van der Waals surface area contributed by atoms with Gasteiger partial charge in [0.1, 0.15) is 22.1 Å². The van der Waals surface area contributed by atoms with E-state index in [1.54, 1.807) is 25.3 Å². The highest BCUT2D eigenvalue weighted by atomic mass is 35.5. The van der Waals surface area contributed by atoms with Crippen molar-refractivity contribution in [3.63, 3.8) is 0 Å². The number of aromatic hydroxyl groups is 1. The third-order valence-electron chi connectivity index (χ3n) is 4.69. The van der Waals surface area contributed by atoms with Gasteiger partial charge in [0.15, 0.2) is 5.82 Å². The smallest absolute Gasteiger partial charge is 0.338 e. The van der Waals surface area contributed by atoms with E-state index in [4.69, 9.17) is 11.6 Å². The molecule has 154 valence electrons. The van der Waals surface area contributed by atoms with Crippen LogP contribution in [0, 0.1) is 6.92 Å². The number of phenolic OH excluding ortho intramolecular Hbond substituents is 1. The zero-order valence-electron chi connectivity index (χ0n) is 15.9. The molecule has 31 heavy (non-hydrogen) atoms. The number of benzene rings is 2. The maximum Gasteiger partial charge on any atom is 0.338 e. The number of carboxylic acid groups (broad SMARTS) is 2. The van der Waals surface area contributed by atoms with Gasteiger partial charge in [-0.3, -0.25) is 0 Å². The molecule has 2 aromatic heterocycles. The van der Waals surface area contributed by atoms with Crippen molar-refractivity contribution in [2.24, 2.45) is 10.2 Å². The van der Waals surface area contributed by atoms with Crippen LogP contribution in [-0.2, 0) is 0 Å². The van der Waals surface area contributed by atoms with Crippen molar-refractivity contribution in [1.29, 1.82) is 0 Å². The molecule has 0 unspecified atom stereocenters. The molecule has 0 saturated heterocycles. The van der Waals surface area contributed by atoms with Crippen LogP contribution in [0.15, 0.2) is 52.8 Å². The molecule has 2 aromatic carbocycles. The van der Waals surface area contributed by atoms with Crippen LogP contribution >= 0.6 is 11.6 Å². The molecule has 0 saturated carbocycles. The van der Waals surface area contributed by atoms with Crippen molar-refractivity contribution in [1.82, 2.24) is 9.97 Å². The molecular formula is C21H13ClN4O5. The van der Waals surface area contributed by atoms with Crippen LogP contribution in [0.1, 0.15) is 26.3 Å². The Balaban J connectivity index is 1.85. The summed E-state index contributed by atoms with van der Waals surface area (Å²) in [5, 5.41) is 38.1. The van der Waals surface area contributed by atoms with E-state index in [0.29, 0.717) is 10.8 Å². The van der Waals surface area contributed by atoms with Gasteiger partial charge in [0.05, 0.1) is 11.1 Å². The van der Waals surface area contributed by atoms with E-state index in [2.05, 4.69) is 20.2 Å². The van der Waals surface area contributed by atoms with E-state index in [0.717, 1.165) is 5.56 Å². The number of hydrogen-bond acceptors (Lipinski definition) is 7. The van der Waals surface area contributed by atoms with Gasteiger partial charge in [-0.15, -0.1) is 10.2 Å².